The molecule has 3 aromatic carbocycles. The van der Waals surface area contributed by atoms with Gasteiger partial charge in [0, 0.05) is 27.1 Å². The van der Waals surface area contributed by atoms with Crippen molar-refractivity contribution in [3.63, 3.8) is 0 Å². The van der Waals surface area contributed by atoms with Gasteiger partial charge in [-0.25, -0.2) is 0 Å². The van der Waals surface area contributed by atoms with Gasteiger partial charge in [0.15, 0.2) is 0 Å². The summed E-state index contributed by atoms with van der Waals surface area (Å²) >= 11 is 1.64. The molecular weight excluding hydrogens is 452 g/mol. The molecule has 0 aliphatic heterocycles. The van der Waals surface area contributed by atoms with E-state index in [1.54, 1.807) is 18.0 Å². The molecule has 0 radical (unpaired) electrons. The van der Waals surface area contributed by atoms with Crippen molar-refractivity contribution in [2.45, 2.75) is 23.1 Å². The molecule has 0 atom stereocenters. The van der Waals surface area contributed by atoms with Crippen molar-refractivity contribution in [1.29, 1.82) is 0 Å². The van der Waals surface area contributed by atoms with Crippen LogP contribution in [0.25, 0.3) is 23.1 Å². The number of aromatic nitrogens is 3. The van der Waals surface area contributed by atoms with Crippen LogP contribution >= 0.6 is 11.8 Å². The van der Waals surface area contributed by atoms with Crippen molar-refractivity contribution >= 4 is 46.4 Å². The third-order valence-corrected chi connectivity index (χ3v) is 6.44. The van der Waals surface area contributed by atoms with Crippen LogP contribution in [0, 0.1) is 6.92 Å². The van der Waals surface area contributed by atoms with E-state index in [0.717, 1.165) is 48.9 Å². The lowest BCUT2D eigenvalue weighted by atomic mass is 10.1. The van der Waals surface area contributed by atoms with Crippen molar-refractivity contribution < 1.29 is 4.79 Å². The molecule has 6 heteroatoms. The van der Waals surface area contributed by atoms with Crippen LogP contribution in [0.3, 0.4) is 0 Å². The zero-order valence-corrected chi connectivity index (χ0v) is 20.0. The van der Waals surface area contributed by atoms with Gasteiger partial charge >= 0.3 is 0 Å². The van der Waals surface area contributed by atoms with E-state index in [9.17, 15) is 4.79 Å². The summed E-state index contributed by atoms with van der Waals surface area (Å²) in [6, 6.07) is 28.0. The maximum atomic E-state index is 12.5. The van der Waals surface area contributed by atoms with E-state index >= 15 is 0 Å². The first-order valence-electron chi connectivity index (χ1n) is 11.3. The summed E-state index contributed by atoms with van der Waals surface area (Å²) in [6.45, 7) is 2.03. The number of pyridine rings is 1. The smallest absolute Gasteiger partial charge is 0.228 e. The number of carbonyl (C=O) groups is 1. The van der Waals surface area contributed by atoms with E-state index in [1.807, 2.05) is 85.8 Å². The number of anilines is 1. The molecule has 0 spiro atoms. The van der Waals surface area contributed by atoms with Crippen molar-refractivity contribution in [2.24, 2.45) is 0 Å². The number of hydrogen-bond acceptors (Lipinski definition) is 4. The Labute approximate surface area is 208 Å². The van der Waals surface area contributed by atoms with Gasteiger partial charge in [0.2, 0.25) is 5.91 Å². The van der Waals surface area contributed by atoms with Crippen LogP contribution in [0.4, 0.5) is 5.69 Å². The molecule has 2 N–H and O–H groups in total. The Hall–Kier alpha value is -4.16. The molecule has 0 unspecified atom stereocenters. The number of H-pyrrole nitrogens is 1. The number of nitrogens with one attached hydrogen (secondary N) is 2. The van der Waals surface area contributed by atoms with Crippen LogP contribution in [0.2, 0.25) is 0 Å². The average molecular weight is 477 g/mol. The maximum Gasteiger partial charge on any atom is 0.228 e. The van der Waals surface area contributed by atoms with E-state index in [4.69, 9.17) is 0 Å². The molecule has 1 amide bonds. The second-order valence-electron chi connectivity index (χ2n) is 8.25. The molecule has 0 saturated carbocycles. The van der Waals surface area contributed by atoms with Gasteiger partial charge in [-0.3, -0.25) is 14.9 Å². The molecule has 0 fully saturated rings. The number of hydrogen-bond donors (Lipinski definition) is 2. The second kappa shape index (κ2) is 10.4. The molecule has 5 rings (SSSR count). The monoisotopic (exact) mass is 476 g/mol. The lowest BCUT2D eigenvalue weighted by molar-refractivity contribution is -0.115. The van der Waals surface area contributed by atoms with Gasteiger partial charge in [-0.05, 0) is 73.2 Å². The average Bonchev–Trinajstić information content (AvgIpc) is 3.26. The maximum absolute atomic E-state index is 12.5. The Morgan fingerprint density at radius 2 is 1.83 bits per heavy atom. The number of aryl methyl sites for hydroxylation is 1. The number of aromatic amines is 1. The highest BCUT2D eigenvalue weighted by Gasteiger charge is 2.08. The Kier molecular flexibility index (Phi) is 6.73. The summed E-state index contributed by atoms with van der Waals surface area (Å²) in [6.07, 6.45) is 6.05. The minimum absolute atomic E-state index is 0.0251. The van der Waals surface area contributed by atoms with Crippen molar-refractivity contribution in [2.75, 3.05) is 5.32 Å². The number of amides is 1. The van der Waals surface area contributed by atoms with Gasteiger partial charge in [-0.15, -0.1) is 0 Å². The van der Waals surface area contributed by atoms with Crippen LogP contribution in [-0.4, -0.2) is 21.1 Å². The predicted molar refractivity (Wildman–Crippen MR) is 143 cm³/mol. The van der Waals surface area contributed by atoms with Crippen LogP contribution in [0.5, 0.6) is 0 Å². The lowest BCUT2D eigenvalue weighted by Crippen LogP contribution is -2.14. The predicted octanol–water partition coefficient (Wildman–Crippen LogP) is 6.77. The molecule has 0 bridgehead atoms. The molecule has 2 aromatic heterocycles. The molecule has 0 aliphatic rings. The van der Waals surface area contributed by atoms with Crippen molar-refractivity contribution in [1.82, 2.24) is 15.2 Å². The van der Waals surface area contributed by atoms with Gasteiger partial charge in [-0.2, -0.15) is 5.10 Å². The third kappa shape index (κ3) is 5.86. The van der Waals surface area contributed by atoms with E-state index in [-0.39, 0.29) is 5.91 Å². The fourth-order valence-electron chi connectivity index (χ4n) is 3.84. The first kappa shape index (κ1) is 22.6. The summed E-state index contributed by atoms with van der Waals surface area (Å²) in [5.74, 6) is -0.0251. The Bertz CT molecular complexity index is 1510. The fourth-order valence-corrected chi connectivity index (χ4v) is 4.75. The lowest BCUT2D eigenvalue weighted by Gasteiger charge is -2.08. The van der Waals surface area contributed by atoms with Crippen molar-refractivity contribution in [3.8, 4) is 0 Å². The molecule has 0 aliphatic carbocycles. The molecule has 2 heterocycles. The standard InChI is InChI=1S/C29H24N4OS/c1-20-6-4-7-21(16-20)17-29(34)31-23-9-5-10-24(18-23)35-25-12-13-26-27(32-33-28(26)19-25)14-11-22-8-2-3-15-30-22/h2-16,18-19H,17H2,1H3,(H,31,34)(H,32,33)/b14-11+. The van der Waals surface area contributed by atoms with Gasteiger partial charge in [0.05, 0.1) is 23.3 Å². The summed E-state index contributed by atoms with van der Waals surface area (Å²) in [7, 11) is 0. The molecule has 5 nitrogen and oxygen atoms in total. The second-order valence-corrected chi connectivity index (χ2v) is 9.40. The highest BCUT2D eigenvalue weighted by atomic mass is 32.2. The Balaban J connectivity index is 1.26. The summed E-state index contributed by atoms with van der Waals surface area (Å²) in [4.78, 5) is 19.0. The zero-order valence-electron chi connectivity index (χ0n) is 19.2. The number of fused-ring (bicyclic) bond motifs is 1. The highest BCUT2D eigenvalue weighted by Crippen LogP contribution is 2.32. The third-order valence-electron chi connectivity index (χ3n) is 5.46. The molecule has 35 heavy (non-hydrogen) atoms. The summed E-state index contributed by atoms with van der Waals surface area (Å²) < 4.78 is 0. The topological polar surface area (TPSA) is 70.7 Å². The van der Waals surface area contributed by atoms with Crippen LogP contribution in [0.1, 0.15) is 22.5 Å². The zero-order chi connectivity index (χ0) is 24.0. The minimum Gasteiger partial charge on any atom is -0.326 e. The number of nitrogens with zero attached hydrogens (tertiary/aromatic N) is 2. The highest BCUT2D eigenvalue weighted by molar-refractivity contribution is 7.99. The SMILES string of the molecule is Cc1cccc(CC(=O)Nc2cccc(Sc3ccc4c(/C=C/c5ccccn5)n[nH]c4c3)c2)c1. The largest absolute Gasteiger partial charge is 0.326 e. The Morgan fingerprint density at radius 3 is 2.69 bits per heavy atom. The van der Waals surface area contributed by atoms with Crippen LogP contribution in [0.15, 0.2) is 101 Å². The molecule has 172 valence electrons. The van der Waals surface area contributed by atoms with Gasteiger partial charge in [0.25, 0.3) is 0 Å². The number of rotatable bonds is 7. The normalized spacial score (nSPS) is 11.2. The van der Waals surface area contributed by atoms with E-state index < -0.39 is 0 Å². The molecular formula is C29H24N4OS. The van der Waals surface area contributed by atoms with E-state index in [0.29, 0.717) is 6.42 Å². The first-order valence-corrected chi connectivity index (χ1v) is 12.1. The first-order chi connectivity index (χ1) is 17.1. The van der Waals surface area contributed by atoms with Crippen LogP contribution < -0.4 is 5.32 Å². The number of carbonyl (C=O) groups excluding carboxylic acids is 1. The van der Waals surface area contributed by atoms with E-state index in [2.05, 4.69) is 38.7 Å². The van der Waals surface area contributed by atoms with Gasteiger partial charge < -0.3 is 5.32 Å². The van der Waals surface area contributed by atoms with E-state index in [1.165, 1.54) is 0 Å². The van der Waals surface area contributed by atoms with Crippen molar-refractivity contribution in [3.05, 3.63) is 114 Å². The fraction of sp³-hybridized carbons (Fsp3) is 0.0690. The number of benzene rings is 3. The summed E-state index contributed by atoms with van der Waals surface area (Å²) in [5.41, 5.74) is 5.69. The Morgan fingerprint density at radius 1 is 0.943 bits per heavy atom. The van der Waals surface area contributed by atoms with Gasteiger partial charge in [0.1, 0.15) is 0 Å². The minimum atomic E-state index is -0.0251. The summed E-state index contributed by atoms with van der Waals surface area (Å²) in [5, 5.41) is 11.6. The van der Waals surface area contributed by atoms with Gasteiger partial charge in [-0.1, -0.05) is 53.7 Å². The molecule has 0 saturated heterocycles. The van der Waals surface area contributed by atoms with Crippen LogP contribution in [-0.2, 0) is 11.2 Å². The quantitative estimate of drug-likeness (QED) is 0.272. The molecule has 5 aromatic rings.